The maximum atomic E-state index is 12.5. The highest BCUT2D eigenvalue weighted by Crippen LogP contribution is 2.19. The van der Waals surface area contributed by atoms with E-state index in [1.807, 2.05) is 45.0 Å². The first-order chi connectivity index (χ1) is 12.7. The van der Waals surface area contributed by atoms with E-state index in [2.05, 4.69) is 15.6 Å². The molecule has 0 fully saturated rings. The molecular weight excluding hydrogens is 348 g/mol. The topological polar surface area (TPSA) is 106 Å². The quantitative estimate of drug-likeness (QED) is 0.735. The van der Waals surface area contributed by atoms with Crippen molar-refractivity contribution in [1.29, 1.82) is 0 Å². The number of hydrogen-bond donors (Lipinski definition) is 2. The molecule has 8 nitrogen and oxygen atoms in total. The lowest BCUT2D eigenvalue weighted by atomic mass is 9.94. The van der Waals surface area contributed by atoms with Gasteiger partial charge >= 0.3 is 5.97 Å². The van der Waals surface area contributed by atoms with Gasteiger partial charge in [0.2, 0.25) is 0 Å². The number of aromatic nitrogens is 3. The van der Waals surface area contributed by atoms with Crippen LogP contribution in [0, 0.1) is 5.41 Å². The second-order valence-electron chi connectivity index (χ2n) is 7.18. The Labute approximate surface area is 158 Å². The van der Waals surface area contributed by atoms with Gasteiger partial charge in [-0.25, -0.2) is 4.68 Å². The lowest BCUT2D eigenvalue weighted by molar-refractivity contribution is -0.146. The highest BCUT2D eigenvalue weighted by Gasteiger charge is 2.29. The molecule has 2 N–H and O–H groups in total. The Kier molecular flexibility index (Phi) is 6.20. The number of hydrogen-bond acceptors (Lipinski definition) is 5. The zero-order chi connectivity index (χ0) is 20.2. The molecule has 0 unspecified atom stereocenters. The third-order valence-corrected chi connectivity index (χ3v) is 4.04. The van der Waals surface area contributed by atoms with Gasteiger partial charge in [-0.1, -0.05) is 12.1 Å². The van der Waals surface area contributed by atoms with Crippen LogP contribution in [-0.2, 0) is 11.2 Å². The second-order valence-corrected chi connectivity index (χ2v) is 7.18. The number of carbonyl (C=O) groups is 2. The molecule has 1 aromatic carbocycles. The first kappa shape index (κ1) is 20.4. The molecule has 1 aromatic heterocycles. The minimum atomic E-state index is -1.07. The SMILES string of the molecule is CCc1c(C(=O)NCC(C)(C)C(=O)O)nnn1-c1ccc(OC(C)C)cc1. The number of nitrogens with zero attached hydrogens (tertiary/aromatic N) is 3. The van der Waals surface area contributed by atoms with E-state index in [4.69, 9.17) is 9.84 Å². The van der Waals surface area contributed by atoms with E-state index < -0.39 is 17.3 Å². The van der Waals surface area contributed by atoms with Crippen LogP contribution in [0.3, 0.4) is 0 Å². The van der Waals surface area contributed by atoms with E-state index >= 15 is 0 Å². The van der Waals surface area contributed by atoms with Crippen molar-refractivity contribution in [2.75, 3.05) is 6.54 Å². The Morgan fingerprint density at radius 1 is 1.26 bits per heavy atom. The van der Waals surface area contributed by atoms with Crippen LogP contribution in [0.4, 0.5) is 0 Å². The Bertz CT molecular complexity index is 810. The fraction of sp³-hybridized carbons (Fsp3) is 0.474. The van der Waals surface area contributed by atoms with Crippen molar-refractivity contribution >= 4 is 11.9 Å². The van der Waals surface area contributed by atoms with Gasteiger partial charge in [-0.3, -0.25) is 9.59 Å². The maximum Gasteiger partial charge on any atom is 0.310 e. The lowest BCUT2D eigenvalue weighted by Crippen LogP contribution is -2.39. The Hall–Kier alpha value is -2.90. The standard InChI is InChI=1S/C19H26N4O4/c1-6-15-16(17(24)20-11-19(4,5)18(25)26)21-22-23(15)13-7-9-14(10-8-13)27-12(2)3/h7-10,12H,6,11H2,1-5H3,(H,20,24)(H,25,26). The van der Waals surface area contributed by atoms with E-state index in [1.54, 1.807) is 18.5 Å². The second kappa shape index (κ2) is 8.20. The summed E-state index contributed by atoms with van der Waals surface area (Å²) >= 11 is 0. The molecule has 0 atom stereocenters. The van der Waals surface area contributed by atoms with Crippen LogP contribution in [-0.4, -0.2) is 44.6 Å². The van der Waals surface area contributed by atoms with Gasteiger partial charge in [-0.05, 0) is 58.4 Å². The predicted molar refractivity (Wildman–Crippen MR) is 100 cm³/mol. The molecule has 0 spiro atoms. The van der Waals surface area contributed by atoms with E-state index in [9.17, 15) is 9.59 Å². The largest absolute Gasteiger partial charge is 0.491 e. The van der Waals surface area contributed by atoms with Crippen molar-refractivity contribution in [3.8, 4) is 11.4 Å². The average Bonchev–Trinajstić information content (AvgIpc) is 3.03. The molecule has 0 saturated heterocycles. The molecule has 0 aliphatic heterocycles. The zero-order valence-electron chi connectivity index (χ0n) is 16.3. The Morgan fingerprint density at radius 2 is 1.89 bits per heavy atom. The minimum absolute atomic E-state index is 0.00157. The summed E-state index contributed by atoms with van der Waals surface area (Å²) in [5.41, 5.74) is 0.546. The maximum absolute atomic E-state index is 12.5. The molecule has 1 amide bonds. The van der Waals surface area contributed by atoms with Gasteiger partial charge in [0.25, 0.3) is 5.91 Å². The van der Waals surface area contributed by atoms with Gasteiger partial charge in [0, 0.05) is 6.54 Å². The van der Waals surface area contributed by atoms with Crippen molar-refractivity contribution < 1.29 is 19.4 Å². The number of ether oxygens (including phenoxy) is 1. The summed E-state index contributed by atoms with van der Waals surface area (Å²) in [6.45, 7) is 8.91. The number of carbonyl (C=O) groups excluding carboxylic acids is 1. The first-order valence-electron chi connectivity index (χ1n) is 8.89. The summed E-state index contributed by atoms with van der Waals surface area (Å²) in [4.78, 5) is 23.7. The molecule has 27 heavy (non-hydrogen) atoms. The van der Waals surface area contributed by atoms with Gasteiger partial charge in [-0.15, -0.1) is 5.10 Å². The molecule has 8 heteroatoms. The van der Waals surface area contributed by atoms with Crippen LogP contribution < -0.4 is 10.1 Å². The van der Waals surface area contributed by atoms with E-state index in [-0.39, 0.29) is 18.3 Å². The molecule has 0 radical (unpaired) electrons. The molecule has 0 bridgehead atoms. The molecule has 1 heterocycles. The summed E-state index contributed by atoms with van der Waals surface area (Å²) < 4.78 is 7.24. The minimum Gasteiger partial charge on any atom is -0.491 e. The Morgan fingerprint density at radius 3 is 2.41 bits per heavy atom. The van der Waals surface area contributed by atoms with Gasteiger partial charge in [0.05, 0.1) is 22.9 Å². The fourth-order valence-electron chi connectivity index (χ4n) is 2.40. The fourth-order valence-corrected chi connectivity index (χ4v) is 2.40. The number of rotatable bonds is 8. The van der Waals surface area contributed by atoms with Crippen LogP contribution in [0.15, 0.2) is 24.3 Å². The van der Waals surface area contributed by atoms with Crippen molar-refractivity contribution in [1.82, 2.24) is 20.3 Å². The highest BCUT2D eigenvalue weighted by atomic mass is 16.5. The lowest BCUT2D eigenvalue weighted by Gasteiger charge is -2.19. The van der Waals surface area contributed by atoms with Crippen molar-refractivity contribution in [2.24, 2.45) is 5.41 Å². The predicted octanol–water partition coefficient (Wildman–Crippen LogP) is 2.46. The number of amides is 1. The molecule has 2 rings (SSSR count). The molecule has 2 aromatic rings. The van der Waals surface area contributed by atoms with Gasteiger partial charge < -0.3 is 15.2 Å². The van der Waals surface area contributed by atoms with Gasteiger partial charge in [0.1, 0.15) is 5.75 Å². The summed E-state index contributed by atoms with van der Waals surface area (Å²) in [7, 11) is 0. The average molecular weight is 374 g/mol. The van der Waals surface area contributed by atoms with Crippen molar-refractivity contribution in [2.45, 2.75) is 47.1 Å². The van der Waals surface area contributed by atoms with Crippen LogP contribution in [0.1, 0.15) is 50.8 Å². The van der Waals surface area contributed by atoms with Crippen molar-refractivity contribution in [3.05, 3.63) is 35.7 Å². The molecule has 0 saturated carbocycles. The van der Waals surface area contributed by atoms with Crippen LogP contribution in [0.2, 0.25) is 0 Å². The number of aliphatic carboxylic acids is 1. The van der Waals surface area contributed by atoms with Gasteiger partial charge in [-0.2, -0.15) is 0 Å². The Balaban J connectivity index is 2.21. The zero-order valence-corrected chi connectivity index (χ0v) is 16.3. The molecule has 0 aliphatic rings. The van der Waals surface area contributed by atoms with Crippen molar-refractivity contribution in [3.63, 3.8) is 0 Å². The highest BCUT2D eigenvalue weighted by molar-refractivity contribution is 5.93. The normalized spacial score (nSPS) is 11.5. The van der Waals surface area contributed by atoms with Crippen LogP contribution in [0.5, 0.6) is 5.75 Å². The van der Waals surface area contributed by atoms with E-state index in [0.717, 1.165) is 11.4 Å². The summed E-state index contributed by atoms with van der Waals surface area (Å²) in [6, 6.07) is 7.37. The van der Waals surface area contributed by atoms with Gasteiger partial charge in [0.15, 0.2) is 5.69 Å². The first-order valence-corrected chi connectivity index (χ1v) is 8.89. The van der Waals surface area contributed by atoms with E-state index in [0.29, 0.717) is 12.1 Å². The number of benzene rings is 1. The smallest absolute Gasteiger partial charge is 0.310 e. The molecular formula is C19H26N4O4. The molecule has 0 aliphatic carbocycles. The summed E-state index contributed by atoms with van der Waals surface area (Å²) in [5, 5.41) is 19.9. The number of nitrogens with one attached hydrogen (secondary N) is 1. The summed E-state index contributed by atoms with van der Waals surface area (Å²) in [6.07, 6.45) is 0.626. The van der Waals surface area contributed by atoms with Crippen LogP contribution in [0.25, 0.3) is 5.69 Å². The summed E-state index contributed by atoms with van der Waals surface area (Å²) in [5.74, 6) is -0.668. The monoisotopic (exact) mass is 374 g/mol. The number of carboxylic acids is 1. The van der Waals surface area contributed by atoms with E-state index in [1.165, 1.54) is 0 Å². The van der Waals surface area contributed by atoms with Crippen LogP contribution >= 0.6 is 0 Å². The third-order valence-electron chi connectivity index (χ3n) is 4.04. The number of carboxylic acid groups (broad SMARTS) is 1. The molecule has 146 valence electrons. The third kappa shape index (κ3) is 4.84.